The first-order chi connectivity index (χ1) is 5.84. The zero-order valence-electron chi connectivity index (χ0n) is 6.13. The molecule has 0 aromatic heterocycles. The number of phenolic OH excluding ortho intramolecular Hbond substituents is 3. The SMILES string of the molecule is Oc1ccc(O)c(C(F)(F)F)c1O. The highest BCUT2D eigenvalue weighted by Gasteiger charge is 2.38. The molecule has 0 aliphatic heterocycles. The van der Waals surface area contributed by atoms with E-state index in [1.54, 1.807) is 0 Å². The average Bonchev–Trinajstić information content (AvgIpc) is 1.95. The minimum atomic E-state index is -4.90. The second-order valence-electron chi connectivity index (χ2n) is 2.33. The Morgan fingerprint density at radius 2 is 1.38 bits per heavy atom. The third-order valence-corrected chi connectivity index (χ3v) is 1.42. The van der Waals surface area contributed by atoms with Gasteiger partial charge in [-0.05, 0) is 12.1 Å². The van der Waals surface area contributed by atoms with Crippen LogP contribution in [0.3, 0.4) is 0 Å². The van der Waals surface area contributed by atoms with Crippen LogP contribution < -0.4 is 0 Å². The maximum absolute atomic E-state index is 12.1. The van der Waals surface area contributed by atoms with Gasteiger partial charge in [0.15, 0.2) is 11.5 Å². The number of alkyl halides is 3. The summed E-state index contributed by atoms with van der Waals surface area (Å²) in [7, 11) is 0. The number of rotatable bonds is 0. The van der Waals surface area contributed by atoms with Crippen molar-refractivity contribution in [1.29, 1.82) is 0 Å². The zero-order chi connectivity index (χ0) is 10.2. The van der Waals surface area contributed by atoms with Crippen molar-refractivity contribution in [2.24, 2.45) is 0 Å². The molecule has 0 heterocycles. The van der Waals surface area contributed by atoms with Gasteiger partial charge in [-0.3, -0.25) is 0 Å². The van der Waals surface area contributed by atoms with Crippen LogP contribution in [-0.4, -0.2) is 15.3 Å². The molecule has 0 saturated heterocycles. The largest absolute Gasteiger partial charge is 0.507 e. The summed E-state index contributed by atoms with van der Waals surface area (Å²) in [6.45, 7) is 0. The molecule has 3 nitrogen and oxygen atoms in total. The molecule has 0 unspecified atom stereocenters. The molecular formula is C7H5F3O3. The highest BCUT2D eigenvalue weighted by atomic mass is 19.4. The topological polar surface area (TPSA) is 60.7 Å². The molecule has 72 valence electrons. The second kappa shape index (κ2) is 2.72. The first-order valence-electron chi connectivity index (χ1n) is 3.15. The highest BCUT2D eigenvalue weighted by Crippen LogP contribution is 2.45. The van der Waals surface area contributed by atoms with E-state index in [4.69, 9.17) is 15.3 Å². The van der Waals surface area contributed by atoms with Crippen molar-refractivity contribution in [2.75, 3.05) is 0 Å². The van der Waals surface area contributed by atoms with Crippen LogP contribution in [0.25, 0.3) is 0 Å². The van der Waals surface area contributed by atoms with Crippen molar-refractivity contribution in [2.45, 2.75) is 6.18 Å². The minimum Gasteiger partial charge on any atom is -0.507 e. The monoisotopic (exact) mass is 194 g/mol. The lowest BCUT2D eigenvalue weighted by Crippen LogP contribution is -2.05. The van der Waals surface area contributed by atoms with E-state index in [0.29, 0.717) is 6.07 Å². The molecule has 0 fully saturated rings. The third-order valence-electron chi connectivity index (χ3n) is 1.42. The lowest BCUT2D eigenvalue weighted by atomic mass is 10.1. The molecule has 13 heavy (non-hydrogen) atoms. The van der Waals surface area contributed by atoms with Crippen molar-refractivity contribution >= 4 is 0 Å². The van der Waals surface area contributed by atoms with Crippen LogP contribution in [0.15, 0.2) is 12.1 Å². The van der Waals surface area contributed by atoms with E-state index >= 15 is 0 Å². The number of hydrogen-bond acceptors (Lipinski definition) is 3. The number of phenols is 3. The molecule has 0 aliphatic carbocycles. The van der Waals surface area contributed by atoms with Gasteiger partial charge in [-0.2, -0.15) is 13.2 Å². The van der Waals surface area contributed by atoms with Crippen LogP contribution in [0.2, 0.25) is 0 Å². The maximum atomic E-state index is 12.1. The van der Waals surface area contributed by atoms with Crippen LogP contribution in [0.5, 0.6) is 17.2 Å². The molecule has 0 aliphatic rings. The van der Waals surface area contributed by atoms with E-state index in [2.05, 4.69) is 0 Å². The molecule has 1 aromatic rings. The summed E-state index contributed by atoms with van der Waals surface area (Å²) in [5.41, 5.74) is -1.63. The normalized spacial score (nSPS) is 11.6. The summed E-state index contributed by atoms with van der Waals surface area (Å²) >= 11 is 0. The molecule has 1 rings (SSSR count). The fourth-order valence-corrected chi connectivity index (χ4v) is 0.849. The van der Waals surface area contributed by atoms with Crippen molar-refractivity contribution in [3.8, 4) is 17.2 Å². The molecule has 0 amide bonds. The first kappa shape index (κ1) is 9.50. The quantitative estimate of drug-likeness (QED) is 0.436. The predicted molar refractivity (Wildman–Crippen MR) is 36.4 cm³/mol. The smallest absolute Gasteiger partial charge is 0.423 e. The van der Waals surface area contributed by atoms with Crippen molar-refractivity contribution in [1.82, 2.24) is 0 Å². The predicted octanol–water partition coefficient (Wildman–Crippen LogP) is 1.82. The molecule has 0 atom stereocenters. The van der Waals surface area contributed by atoms with E-state index in [1.165, 1.54) is 0 Å². The molecule has 1 aromatic carbocycles. The number of hydrogen-bond donors (Lipinski definition) is 3. The van der Waals surface area contributed by atoms with Gasteiger partial charge in [-0.15, -0.1) is 0 Å². The van der Waals surface area contributed by atoms with Gasteiger partial charge < -0.3 is 15.3 Å². The Labute approximate surface area is 70.7 Å². The molecule has 0 spiro atoms. The number of benzene rings is 1. The summed E-state index contributed by atoms with van der Waals surface area (Å²) in [5.74, 6) is -3.42. The van der Waals surface area contributed by atoms with Crippen molar-refractivity contribution < 1.29 is 28.5 Å². The highest BCUT2D eigenvalue weighted by molar-refractivity contribution is 5.53. The van der Waals surface area contributed by atoms with Crippen LogP contribution in [0, 0.1) is 0 Å². The minimum absolute atomic E-state index is 0.651. The van der Waals surface area contributed by atoms with Crippen LogP contribution in [-0.2, 0) is 6.18 Å². The van der Waals surface area contributed by atoms with E-state index in [9.17, 15) is 13.2 Å². The Bertz CT molecular complexity index is 332. The molecule has 0 bridgehead atoms. The molecule has 0 saturated carbocycles. The Balaban J connectivity index is 3.43. The fourth-order valence-electron chi connectivity index (χ4n) is 0.849. The van der Waals surface area contributed by atoms with Gasteiger partial charge >= 0.3 is 6.18 Å². The third kappa shape index (κ3) is 1.61. The fraction of sp³-hybridized carbons (Fsp3) is 0.143. The van der Waals surface area contributed by atoms with E-state index in [0.717, 1.165) is 6.07 Å². The number of halogens is 3. The average molecular weight is 194 g/mol. The van der Waals surface area contributed by atoms with Gasteiger partial charge in [-0.1, -0.05) is 0 Å². The Kier molecular flexibility index (Phi) is 1.99. The van der Waals surface area contributed by atoms with Crippen molar-refractivity contribution in [3.63, 3.8) is 0 Å². The Morgan fingerprint density at radius 3 is 1.77 bits per heavy atom. The standard InChI is InChI=1S/C7H5F3O3/c8-7(9,10)5-3(11)1-2-4(12)6(5)13/h1-2,11-13H. The molecule has 0 radical (unpaired) electrons. The van der Waals surface area contributed by atoms with Gasteiger partial charge in [0.1, 0.15) is 11.3 Å². The van der Waals surface area contributed by atoms with E-state index in [-0.39, 0.29) is 0 Å². The maximum Gasteiger partial charge on any atom is 0.423 e. The number of aromatic hydroxyl groups is 3. The lowest BCUT2D eigenvalue weighted by Gasteiger charge is -2.11. The lowest BCUT2D eigenvalue weighted by molar-refractivity contribution is -0.140. The van der Waals surface area contributed by atoms with Crippen LogP contribution >= 0.6 is 0 Å². The van der Waals surface area contributed by atoms with Gasteiger partial charge in [-0.25, -0.2) is 0 Å². The van der Waals surface area contributed by atoms with Gasteiger partial charge in [0, 0.05) is 0 Å². The summed E-state index contributed by atoms with van der Waals surface area (Å²) in [6.07, 6.45) is -4.90. The molecular weight excluding hydrogens is 189 g/mol. The first-order valence-corrected chi connectivity index (χ1v) is 3.15. The van der Waals surface area contributed by atoms with Crippen molar-refractivity contribution in [3.05, 3.63) is 17.7 Å². The van der Waals surface area contributed by atoms with Gasteiger partial charge in [0.25, 0.3) is 0 Å². The van der Waals surface area contributed by atoms with Gasteiger partial charge in [0.05, 0.1) is 0 Å². The Morgan fingerprint density at radius 1 is 0.923 bits per heavy atom. The summed E-state index contributed by atoms with van der Waals surface area (Å²) in [6, 6.07) is 1.41. The van der Waals surface area contributed by atoms with Crippen LogP contribution in [0.1, 0.15) is 5.56 Å². The van der Waals surface area contributed by atoms with E-state index < -0.39 is 29.0 Å². The second-order valence-corrected chi connectivity index (χ2v) is 2.33. The summed E-state index contributed by atoms with van der Waals surface area (Å²) < 4.78 is 36.2. The Hall–Kier alpha value is -1.59. The summed E-state index contributed by atoms with van der Waals surface area (Å²) in [4.78, 5) is 0. The van der Waals surface area contributed by atoms with E-state index in [1.807, 2.05) is 0 Å². The van der Waals surface area contributed by atoms with Crippen LogP contribution in [0.4, 0.5) is 13.2 Å². The van der Waals surface area contributed by atoms with Gasteiger partial charge in [0.2, 0.25) is 0 Å². The molecule has 3 N–H and O–H groups in total. The zero-order valence-corrected chi connectivity index (χ0v) is 6.13. The summed E-state index contributed by atoms with van der Waals surface area (Å²) in [5, 5.41) is 26.3. The molecule has 6 heteroatoms.